The van der Waals surface area contributed by atoms with E-state index in [0.717, 1.165) is 16.5 Å². The van der Waals surface area contributed by atoms with Crippen LogP contribution in [0.1, 0.15) is 18.9 Å². The Labute approximate surface area is 179 Å². The number of nitrogens with one attached hydrogen (secondary N) is 4. The minimum Gasteiger partial charge on any atom is -0.391 e. The zero-order valence-electron chi connectivity index (χ0n) is 17.6. The van der Waals surface area contributed by atoms with E-state index in [1.165, 1.54) is 6.92 Å². The third-order valence-corrected chi connectivity index (χ3v) is 5.56. The molecule has 31 heavy (non-hydrogen) atoms. The van der Waals surface area contributed by atoms with Gasteiger partial charge < -0.3 is 36.5 Å². The number of carbonyl (C=O) groups excluding carboxylic acids is 3. The van der Waals surface area contributed by atoms with Gasteiger partial charge in [-0.2, -0.15) is 0 Å². The van der Waals surface area contributed by atoms with Crippen LogP contribution in [0.4, 0.5) is 0 Å². The predicted molar refractivity (Wildman–Crippen MR) is 114 cm³/mol. The Morgan fingerprint density at radius 2 is 2.03 bits per heavy atom. The molecule has 1 aromatic heterocycles. The van der Waals surface area contributed by atoms with Crippen LogP contribution in [-0.2, 0) is 25.5 Å². The van der Waals surface area contributed by atoms with E-state index in [1.54, 1.807) is 13.3 Å². The van der Waals surface area contributed by atoms with Gasteiger partial charge in [0.1, 0.15) is 12.1 Å². The number of nitrogens with two attached hydrogens (primary N) is 1. The second kappa shape index (κ2) is 9.90. The molecule has 0 saturated carbocycles. The molecule has 168 valence electrons. The van der Waals surface area contributed by atoms with Gasteiger partial charge in [0.25, 0.3) is 0 Å². The van der Waals surface area contributed by atoms with Crippen molar-refractivity contribution in [3.8, 4) is 0 Å². The number of hydrogen-bond acceptors (Lipinski definition) is 6. The van der Waals surface area contributed by atoms with Crippen LogP contribution < -0.4 is 21.7 Å². The van der Waals surface area contributed by atoms with Crippen molar-refractivity contribution in [2.75, 3.05) is 13.7 Å². The molecule has 0 spiro atoms. The van der Waals surface area contributed by atoms with Gasteiger partial charge >= 0.3 is 0 Å². The van der Waals surface area contributed by atoms with E-state index in [2.05, 4.69) is 20.9 Å². The van der Waals surface area contributed by atoms with Crippen molar-refractivity contribution >= 4 is 28.6 Å². The molecule has 10 nitrogen and oxygen atoms in total. The second-order valence-electron chi connectivity index (χ2n) is 7.81. The normalized spacial score (nSPS) is 21.4. The average molecular weight is 431 g/mol. The number of H-pyrrole nitrogens is 1. The van der Waals surface area contributed by atoms with Crippen LogP contribution >= 0.6 is 0 Å². The monoisotopic (exact) mass is 431 g/mol. The fourth-order valence-electron chi connectivity index (χ4n) is 3.77. The van der Waals surface area contributed by atoms with Gasteiger partial charge in [-0.1, -0.05) is 18.2 Å². The Hall–Kier alpha value is -2.95. The SMILES string of the molecule is CO[C@H]1CN[C@H](C(=O)NC(Cc2c[nH]c3ccccc23)C(=O)N[C@H](C(N)=O)[C@@H](C)O)C1. The number of aromatic amines is 1. The van der Waals surface area contributed by atoms with Gasteiger partial charge in [0.05, 0.1) is 18.2 Å². The lowest BCUT2D eigenvalue weighted by atomic mass is 10.0. The smallest absolute Gasteiger partial charge is 0.243 e. The topological polar surface area (TPSA) is 159 Å². The van der Waals surface area contributed by atoms with Crippen molar-refractivity contribution in [1.29, 1.82) is 0 Å². The molecule has 2 aromatic rings. The van der Waals surface area contributed by atoms with Crippen molar-refractivity contribution in [2.45, 2.75) is 50.1 Å². The summed E-state index contributed by atoms with van der Waals surface area (Å²) in [6.45, 7) is 1.90. The zero-order chi connectivity index (χ0) is 22.5. The molecule has 3 amide bonds. The number of carbonyl (C=O) groups is 3. The summed E-state index contributed by atoms with van der Waals surface area (Å²) in [6.07, 6.45) is 1.21. The van der Waals surface area contributed by atoms with Gasteiger partial charge in [0.15, 0.2) is 0 Å². The molecule has 1 unspecified atom stereocenters. The summed E-state index contributed by atoms with van der Waals surface area (Å²) in [7, 11) is 1.58. The van der Waals surface area contributed by atoms with Crippen molar-refractivity contribution in [1.82, 2.24) is 20.9 Å². The van der Waals surface area contributed by atoms with Gasteiger partial charge in [0.2, 0.25) is 17.7 Å². The van der Waals surface area contributed by atoms with Gasteiger partial charge in [0, 0.05) is 37.2 Å². The fourth-order valence-corrected chi connectivity index (χ4v) is 3.77. The zero-order valence-corrected chi connectivity index (χ0v) is 17.6. The fraction of sp³-hybridized carbons (Fsp3) is 0.476. The summed E-state index contributed by atoms with van der Waals surface area (Å²) in [5.74, 6) is -1.81. The van der Waals surface area contributed by atoms with E-state index in [9.17, 15) is 19.5 Å². The van der Waals surface area contributed by atoms with Gasteiger partial charge in [-0.25, -0.2) is 0 Å². The van der Waals surface area contributed by atoms with Crippen molar-refractivity contribution in [3.05, 3.63) is 36.0 Å². The summed E-state index contributed by atoms with van der Waals surface area (Å²) in [5.41, 5.74) is 7.03. The summed E-state index contributed by atoms with van der Waals surface area (Å²) < 4.78 is 5.28. The average Bonchev–Trinajstić information content (AvgIpc) is 3.38. The molecule has 0 radical (unpaired) electrons. The molecule has 7 N–H and O–H groups in total. The van der Waals surface area contributed by atoms with Gasteiger partial charge in [-0.05, 0) is 25.0 Å². The number of aliphatic hydroxyl groups is 1. The molecular weight excluding hydrogens is 402 g/mol. The van der Waals surface area contributed by atoms with Crippen LogP contribution in [0.5, 0.6) is 0 Å². The third kappa shape index (κ3) is 5.40. The van der Waals surface area contributed by atoms with Crippen LogP contribution in [0.15, 0.2) is 30.5 Å². The highest BCUT2D eigenvalue weighted by Gasteiger charge is 2.33. The van der Waals surface area contributed by atoms with Crippen molar-refractivity contribution in [2.24, 2.45) is 5.73 Å². The van der Waals surface area contributed by atoms with E-state index in [1.807, 2.05) is 24.3 Å². The lowest BCUT2D eigenvalue weighted by Crippen LogP contribution is -2.58. The summed E-state index contributed by atoms with van der Waals surface area (Å²) in [6, 6.07) is 4.88. The maximum Gasteiger partial charge on any atom is 0.243 e. The number of hydrogen-bond donors (Lipinski definition) is 6. The number of benzene rings is 1. The van der Waals surface area contributed by atoms with Crippen molar-refractivity contribution < 1.29 is 24.2 Å². The standard InChI is InChI=1S/C21H29N5O5/c1-11(27)18(19(22)28)26-21(30)17(25-20(29)16-8-13(31-2)10-24-16)7-12-9-23-15-6-4-3-5-14(12)15/h3-6,9,11,13,16-18,23-24,27H,7-8,10H2,1-2H3,(H2,22,28)(H,25,29)(H,26,30)/t11-,13-,16+,17?,18+/m1/s1. The first-order valence-electron chi connectivity index (χ1n) is 10.2. The Balaban J connectivity index is 1.80. The van der Waals surface area contributed by atoms with E-state index in [4.69, 9.17) is 10.5 Å². The van der Waals surface area contributed by atoms with E-state index < -0.39 is 36.0 Å². The number of para-hydroxylation sites is 1. The van der Waals surface area contributed by atoms with Crippen LogP contribution in [-0.4, -0.2) is 71.8 Å². The third-order valence-electron chi connectivity index (χ3n) is 5.56. The highest BCUT2D eigenvalue weighted by molar-refractivity contribution is 5.94. The molecule has 1 aliphatic rings. The molecule has 0 aliphatic carbocycles. The molecule has 1 fully saturated rings. The Morgan fingerprint density at radius 1 is 1.29 bits per heavy atom. The molecule has 5 atom stereocenters. The van der Waals surface area contributed by atoms with Crippen LogP contribution in [0.25, 0.3) is 10.9 Å². The maximum atomic E-state index is 13.0. The summed E-state index contributed by atoms with van der Waals surface area (Å²) >= 11 is 0. The molecule has 2 heterocycles. The highest BCUT2D eigenvalue weighted by atomic mass is 16.5. The van der Waals surface area contributed by atoms with E-state index in [0.29, 0.717) is 13.0 Å². The van der Waals surface area contributed by atoms with Gasteiger partial charge in [-0.3, -0.25) is 14.4 Å². The first-order chi connectivity index (χ1) is 14.8. The largest absolute Gasteiger partial charge is 0.391 e. The molecule has 1 aliphatic heterocycles. The predicted octanol–water partition coefficient (Wildman–Crippen LogP) is -1.08. The number of fused-ring (bicyclic) bond motifs is 1. The van der Waals surface area contributed by atoms with Crippen LogP contribution in [0.2, 0.25) is 0 Å². The highest BCUT2D eigenvalue weighted by Crippen LogP contribution is 2.19. The molecule has 1 saturated heterocycles. The van der Waals surface area contributed by atoms with Crippen LogP contribution in [0, 0.1) is 0 Å². The molecule has 0 bridgehead atoms. The van der Waals surface area contributed by atoms with E-state index >= 15 is 0 Å². The molecule has 10 heteroatoms. The minimum atomic E-state index is -1.27. The Bertz CT molecular complexity index is 943. The Morgan fingerprint density at radius 3 is 2.68 bits per heavy atom. The number of rotatable bonds is 9. The summed E-state index contributed by atoms with van der Waals surface area (Å²) in [5, 5.41) is 19.0. The minimum absolute atomic E-state index is 0.0777. The quantitative estimate of drug-likeness (QED) is 0.296. The first kappa shape index (κ1) is 22.7. The Kier molecular flexibility index (Phi) is 7.26. The molecular formula is C21H29N5O5. The van der Waals surface area contributed by atoms with E-state index in [-0.39, 0.29) is 18.4 Å². The van der Waals surface area contributed by atoms with Crippen LogP contribution in [0.3, 0.4) is 0 Å². The first-order valence-corrected chi connectivity index (χ1v) is 10.2. The maximum absolute atomic E-state index is 13.0. The number of aliphatic hydroxyl groups excluding tert-OH is 1. The second-order valence-corrected chi connectivity index (χ2v) is 7.81. The number of primary amides is 1. The number of amides is 3. The number of methoxy groups -OCH3 is 1. The number of ether oxygens (including phenoxy) is 1. The lowest BCUT2D eigenvalue weighted by molar-refractivity contribution is -0.133. The van der Waals surface area contributed by atoms with Gasteiger partial charge in [-0.15, -0.1) is 0 Å². The number of aromatic nitrogens is 1. The lowest BCUT2D eigenvalue weighted by Gasteiger charge is -2.24. The molecule has 1 aromatic carbocycles. The van der Waals surface area contributed by atoms with Crippen molar-refractivity contribution in [3.63, 3.8) is 0 Å². The summed E-state index contributed by atoms with van der Waals surface area (Å²) in [4.78, 5) is 40.6. The molecule has 3 rings (SSSR count).